The zero-order valence-electron chi connectivity index (χ0n) is 6.08. The zero-order chi connectivity index (χ0) is 9.15. The van der Waals surface area contributed by atoms with Gasteiger partial charge >= 0.3 is 29.4 Å². The van der Waals surface area contributed by atoms with Gasteiger partial charge in [-0.25, -0.2) is 0 Å². The van der Waals surface area contributed by atoms with Gasteiger partial charge in [0.1, 0.15) is 0 Å². The van der Waals surface area contributed by atoms with E-state index in [1.807, 2.05) is 0 Å². The van der Waals surface area contributed by atoms with Crippen molar-refractivity contribution >= 4 is 36.7 Å². The third kappa shape index (κ3) is 11600. The normalized spacial score (nSPS) is 5.50. The average Bonchev–Trinajstić information content (AvgIpc) is 1.66. The first-order valence-corrected chi connectivity index (χ1v) is 5.74. The van der Waals surface area contributed by atoms with Crippen molar-refractivity contribution in [3.05, 3.63) is 0 Å². The van der Waals surface area contributed by atoms with Gasteiger partial charge in [0, 0.05) is 11.9 Å². The second-order valence-corrected chi connectivity index (χ2v) is 0.983. The van der Waals surface area contributed by atoms with Crippen LogP contribution >= 0.6 is 0 Å². The van der Waals surface area contributed by atoms with Crippen molar-refractivity contribution in [1.29, 1.82) is 0 Å². The van der Waals surface area contributed by atoms with Crippen LogP contribution in [-0.4, -0.2) is 36.7 Å². The summed E-state index contributed by atoms with van der Waals surface area (Å²) >= 11 is 1.44. The van der Waals surface area contributed by atoms with Gasteiger partial charge in [0.05, 0.1) is 0 Å². The summed E-state index contributed by atoms with van der Waals surface area (Å²) in [6.45, 7) is 1.94. The summed E-state index contributed by atoms with van der Waals surface area (Å²) in [6, 6.07) is 0. The van der Waals surface area contributed by atoms with Gasteiger partial charge in [-0.15, -0.1) is 0 Å². The molecular weight excluding hydrogens is 333 g/mol. The van der Waals surface area contributed by atoms with Gasteiger partial charge in [-0.05, 0) is 13.8 Å². The molecule has 0 N–H and O–H groups in total. The first kappa shape index (κ1) is 16.4. The molecule has 0 bridgehead atoms. The van der Waals surface area contributed by atoms with E-state index >= 15 is 0 Å². The molecule has 0 heterocycles. The fourth-order valence-corrected chi connectivity index (χ4v) is 0. The van der Waals surface area contributed by atoms with Crippen molar-refractivity contribution in [2.75, 3.05) is 0 Å². The van der Waals surface area contributed by atoms with Crippen molar-refractivity contribution in [1.82, 2.24) is 0 Å². The summed E-state index contributed by atoms with van der Waals surface area (Å²) in [5, 5.41) is 17.8. The molecular formula is C5H9BiO4. The quantitative estimate of drug-likeness (QED) is 0.465. The van der Waals surface area contributed by atoms with Gasteiger partial charge in [-0.2, -0.15) is 0 Å². The molecule has 0 aliphatic rings. The molecule has 0 aromatic rings. The second-order valence-electron chi connectivity index (χ2n) is 0.983. The summed E-state index contributed by atoms with van der Waals surface area (Å²) in [5.41, 5.74) is 0. The Morgan fingerprint density at radius 2 is 1.00 bits per heavy atom. The van der Waals surface area contributed by atoms with Gasteiger partial charge in [-0.1, -0.05) is 0 Å². The Bertz CT molecular complexity index is 71.6. The van der Waals surface area contributed by atoms with Crippen LogP contribution in [-0.2, 0) is 9.59 Å². The second kappa shape index (κ2) is 15.9. The molecule has 0 amide bonds. The standard InChI is InChI=1S/2C2H4O2.CH3.Bi/c2*1-2(3)4;;/h2*1H3,(H,3,4);1H3;/q;;;+2/p-2. The van der Waals surface area contributed by atoms with E-state index in [0.717, 1.165) is 13.8 Å². The Kier molecular flexibility index (Phi) is 26.2. The van der Waals surface area contributed by atoms with E-state index in [0.29, 0.717) is 0 Å². The molecule has 0 saturated heterocycles. The van der Waals surface area contributed by atoms with Crippen LogP contribution in [0.1, 0.15) is 13.8 Å². The molecule has 0 unspecified atom stereocenters. The van der Waals surface area contributed by atoms with Gasteiger partial charge < -0.3 is 19.8 Å². The fourth-order valence-electron chi connectivity index (χ4n) is 0. The minimum atomic E-state index is -1.08. The number of carboxylic acid groups (broad SMARTS) is 2. The van der Waals surface area contributed by atoms with Crippen LogP contribution in [0, 0.1) is 0 Å². The maximum atomic E-state index is 8.89. The van der Waals surface area contributed by atoms with Gasteiger partial charge in [0.25, 0.3) is 0 Å². The molecule has 0 aromatic carbocycles. The van der Waals surface area contributed by atoms with E-state index in [2.05, 4.69) is 4.63 Å². The molecule has 5 heteroatoms. The molecule has 0 aliphatic heterocycles. The predicted octanol–water partition coefficient (Wildman–Crippen LogP) is -2.28. The zero-order valence-corrected chi connectivity index (χ0v) is 9.56. The average molecular weight is 342 g/mol. The molecule has 0 rings (SSSR count). The summed E-state index contributed by atoms with van der Waals surface area (Å²) in [5.74, 6) is -2.17. The molecule has 0 aliphatic carbocycles. The van der Waals surface area contributed by atoms with E-state index in [4.69, 9.17) is 19.8 Å². The van der Waals surface area contributed by atoms with E-state index in [-0.39, 0.29) is 0 Å². The molecule has 58 valence electrons. The van der Waals surface area contributed by atoms with Crippen molar-refractivity contribution < 1.29 is 19.8 Å². The number of carbonyl (C=O) groups is 2. The van der Waals surface area contributed by atoms with Crippen LogP contribution < -0.4 is 10.2 Å². The summed E-state index contributed by atoms with van der Waals surface area (Å²) < 4.78 is 2.11. The Morgan fingerprint density at radius 1 is 1.00 bits per heavy atom. The van der Waals surface area contributed by atoms with Crippen molar-refractivity contribution in [2.24, 2.45) is 0 Å². The van der Waals surface area contributed by atoms with Crippen LogP contribution in [0.2, 0.25) is 4.63 Å². The van der Waals surface area contributed by atoms with Crippen LogP contribution in [0.3, 0.4) is 0 Å². The maximum absolute atomic E-state index is 8.89. The SMILES string of the molecule is CC(=O)[O-].CC(=O)[O-].[CH3][Bi+2]. The monoisotopic (exact) mass is 342 g/mol. The van der Waals surface area contributed by atoms with Crippen molar-refractivity contribution in [3.8, 4) is 0 Å². The third-order valence-electron chi connectivity index (χ3n) is 0. The fraction of sp³-hybridized carbons (Fsp3) is 0.600. The molecule has 0 fully saturated rings. The topological polar surface area (TPSA) is 80.3 Å². The molecule has 0 aromatic heterocycles. The van der Waals surface area contributed by atoms with Gasteiger partial charge in [-0.3, -0.25) is 0 Å². The van der Waals surface area contributed by atoms with E-state index in [9.17, 15) is 0 Å². The molecule has 0 atom stereocenters. The number of aliphatic carboxylic acids is 2. The van der Waals surface area contributed by atoms with Crippen LogP contribution in [0.25, 0.3) is 0 Å². The number of carbonyl (C=O) groups excluding carboxylic acids is 2. The molecule has 10 heavy (non-hydrogen) atoms. The number of carboxylic acids is 2. The van der Waals surface area contributed by atoms with Gasteiger partial charge in [0.2, 0.25) is 0 Å². The van der Waals surface area contributed by atoms with E-state index in [1.165, 1.54) is 24.7 Å². The Hall–Kier alpha value is -0.177. The van der Waals surface area contributed by atoms with Crippen LogP contribution in [0.15, 0.2) is 0 Å². The number of rotatable bonds is 0. The molecule has 4 nitrogen and oxygen atoms in total. The van der Waals surface area contributed by atoms with E-state index in [1.54, 1.807) is 0 Å². The number of hydrogen-bond acceptors (Lipinski definition) is 4. The van der Waals surface area contributed by atoms with Crippen molar-refractivity contribution in [3.63, 3.8) is 0 Å². The van der Waals surface area contributed by atoms with E-state index < -0.39 is 11.9 Å². The van der Waals surface area contributed by atoms with Gasteiger partial charge in [0.15, 0.2) is 0 Å². The number of hydrogen-bond donors (Lipinski definition) is 0. The third-order valence-corrected chi connectivity index (χ3v) is 0. The minimum absolute atomic E-state index is 0.972. The Balaban J connectivity index is -0.0000000787. The Morgan fingerprint density at radius 3 is 1.00 bits per heavy atom. The summed E-state index contributed by atoms with van der Waals surface area (Å²) in [4.78, 5) is 17.8. The van der Waals surface area contributed by atoms with Crippen LogP contribution in [0.5, 0.6) is 0 Å². The summed E-state index contributed by atoms with van der Waals surface area (Å²) in [6.07, 6.45) is 0. The summed E-state index contributed by atoms with van der Waals surface area (Å²) in [7, 11) is 0. The first-order chi connectivity index (χ1) is 4.46. The molecule has 0 spiro atoms. The molecule has 2 radical (unpaired) electrons. The van der Waals surface area contributed by atoms with Crippen LogP contribution in [0.4, 0.5) is 0 Å². The Labute approximate surface area is 75.1 Å². The first-order valence-electron chi connectivity index (χ1n) is 2.26. The van der Waals surface area contributed by atoms with Crippen molar-refractivity contribution in [2.45, 2.75) is 18.5 Å². The molecule has 0 saturated carbocycles. The predicted molar refractivity (Wildman–Crippen MR) is 33.0 cm³/mol.